The van der Waals surface area contributed by atoms with E-state index in [4.69, 9.17) is 0 Å². The summed E-state index contributed by atoms with van der Waals surface area (Å²) in [5.74, 6) is -0.588. The average molecular weight is 264 g/mol. The van der Waals surface area contributed by atoms with Crippen molar-refractivity contribution in [3.8, 4) is 0 Å². The van der Waals surface area contributed by atoms with Crippen molar-refractivity contribution in [1.29, 1.82) is 0 Å². The van der Waals surface area contributed by atoms with Gasteiger partial charge in [0.15, 0.2) is 0 Å². The molecule has 19 heavy (non-hydrogen) atoms. The van der Waals surface area contributed by atoms with Gasteiger partial charge in [-0.1, -0.05) is 6.92 Å². The lowest BCUT2D eigenvalue weighted by atomic mass is 10.1. The van der Waals surface area contributed by atoms with Crippen LogP contribution in [0.3, 0.4) is 0 Å². The highest BCUT2D eigenvalue weighted by Crippen LogP contribution is 2.23. The zero-order chi connectivity index (χ0) is 14.0. The zero-order valence-electron chi connectivity index (χ0n) is 11.1. The first-order valence-corrected chi connectivity index (χ1v) is 6.39. The van der Waals surface area contributed by atoms with Gasteiger partial charge in [-0.25, -0.2) is 4.39 Å². The molecule has 4 nitrogen and oxygen atoms in total. The van der Waals surface area contributed by atoms with Gasteiger partial charge in [-0.2, -0.15) is 0 Å². The second kappa shape index (κ2) is 5.38. The fourth-order valence-corrected chi connectivity index (χ4v) is 2.28. The van der Waals surface area contributed by atoms with Gasteiger partial charge in [0.25, 0.3) is 0 Å². The monoisotopic (exact) mass is 264 g/mol. The predicted molar refractivity (Wildman–Crippen MR) is 70.3 cm³/mol. The van der Waals surface area contributed by atoms with E-state index in [1.165, 1.54) is 12.1 Å². The number of benzene rings is 1. The van der Waals surface area contributed by atoms with Gasteiger partial charge >= 0.3 is 0 Å². The topological polar surface area (TPSA) is 49.4 Å². The number of carbonyl (C=O) groups is 2. The SMILES string of the molecule is CCC1NC(=O)CCN(c2ccc(F)cc2C)C1=O. The standard InChI is InChI=1S/C14H17FN2O2/c1-3-11-14(19)17(7-6-13(18)16-11)12-5-4-10(15)8-9(12)2/h4-5,8,11H,3,6-7H2,1-2H3,(H,16,18). The Balaban J connectivity index is 2.36. The van der Waals surface area contributed by atoms with Gasteiger partial charge in [-0.15, -0.1) is 0 Å². The normalized spacial score (nSPS) is 20.2. The number of halogens is 1. The molecule has 1 aromatic carbocycles. The summed E-state index contributed by atoms with van der Waals surface area (Å²) in [6.45, 7) is 3.93. The van der Waals surface area contributed by atoms with Gasteiger partial charge in [0.1, 0.15) is 11.9 Å². The van der Waals surface area contributed by atoms with E-state index in [1.807, 2.05) is 6.92 Å². The van der Waals surface area contributed by atoms with Gasteiger partial charge in [-0.05, 0) is 37.1 Å². The van der Waals surface area contributed by atoms with Crippen molar-refractivity contribution in [2.75, 3.05) is 11.4 Å². The van der Waals surface area contributed by atoms with Crippen LogP contribution in [0, 0.1) is 12.7 Å². The van der Waals surface area contributed by atoms with E-state index in [0.29, 0.717) is 24.2 Å². The first-order chi connectivity index (χ1) is 9.02. The van der Waals surface area contributed by atoms with Gasteiger partial charge in [0.2, 0.25) is 11.8 Å². The second-order valence-corrected chi connectivity index (χ2v) is 4.70. The van der Waals surface area contributed by atoms with Gasteiger partial charge in [0.05, 0.1) is 0 Å². The lowest BCUT2D eigenvalue weighted by Crippen LogP contribution is -2.44. The van der Waals surface area contributed by atoms with Crippen LogP contribution in [-0.4, -0.2) is 24.4 Å². The number of nitrogens with one attached hydrogen (secondary N) is 1. The smallest absolute Gasteiger partial charge is 0.249 e. The molecule has 1 atom stereocenters. The third-order valence-corrected chi connectivity index (χ3v) is 3.32. The molecule has 1 heterocycles. The average Bonchev–Trinajstić information content (AvgIpc) is 2.50. The van der Waals surface area contributed by atoms with Crippen molar-refractivity contribution in [2.24, 2.45) is 0 Å². The molecule has 0 radical (unpaired) electrons. The fourth-order valence-electron chi connectivity index (χ4n) is 2.28. The molecule has 0 bridgehead atoms. The van der Waals surface area contributed by atoms with E-state index >= 15 is 0 Å². The summed E-state index contributed by atoms with van der Waals surface area (Å²) in [5.41, 5.74) is 1.36. The van der Waals surface area contributed by atoms with E-state index in [1.54, 1.807) is 17.9 Å². The third kappa shape index (κ3) is 2.75. The highest BCUT2D eigenvalue weighted by Gasteiger charge is 2.30. The lowest BCUT2D eigenvalue weighted by Gasteiger charge is -2.25. The van der Waals surface area contributed by atoms with E-state index in [2.05, 4.69) is 5.32 Å². The first-order valence-electron chi connectivity index (χ1n) is 6.39. The summed E-state index contributed by atoms with van der Waals surface area (Å²) < 4.78 is 13.1. The van der Waals surface area contributed by atoms with Crippen molar-refractivity contribution < 1.29 is 14.0 Å². The summed E-state index contributed by atoms with van der Waals surface area (Å²) in [6.07, 6.45) is 0.806. The van der Waals surface area contributed by atoms with E-state index in [9.17, 15) is 14.0 Å². The molecule has 0 spiro atoms. The molecule has 1 aromatic rings. The van der Waals surface area contributed by atoms with Crippen LogP contribution in [0.1, 0.15) is 25.3 Å². The summed E-state index contributed by atoms with van der Waals surface area (Å²) in [7, 11) is 0. The quantitative estimate of drug-likeness (QED) is 0.885. The fraction of sp³-hybridized carbons (Fsp3) is 0.429. The Kier molecular flexibility index (Phi) is 3.83. The third-order valence-electron chi connectivity index (χ3n) is 3.32. The minimum Gasteiger partial charge on any atom is -0.344 e. The van der Waals surface area contributed by atoms with E-state index in [-0.39, 0.29) is 24.1 Å². The Hall–Kier alpha value is -1.91. The molecule has 1 fully saturated rings. The minimum atomic E-state index is -0.501. The van der Waals surface area contributed by atoms with Crippen LogP contribution in [0.15, 0.2) is 18.2 Å². The molecular formula is C14H17FN2O2. The zero-order valence-corrected chi connectivity index (χ0v) is 11.1. The van der Waals surface area contributed by atoms with Crippen molar-refractivity contribution in [3.05, 3.63) is 29.6 Å². The molecule has 1 aliphatic heterocycles. The number of hydrogen-bond donors (Lipinski definition) is 1. The second-order valence-electron chi connectivity index (χ2n) is 4.70. The Morgan fingerprint density at radius 2 is 2.16 bits per heavy atom. The molecule has 1 unspecified atom stereocenters. The van der Waals surface area contributed by atoms with Gasteiger partial charge < -0.3 is 10.2 Å². The molecule has 1 saturated heterocycles. The maximum atomic E-state index is 13.1. The maximum Gasteiger partial charge on any atom is 0.249 e. The number of hydrogen-bond acceptors (Lipinski definition) is 2. The molecule has 0 saturated carbocycles. The molecular weight excluding hydrogens is 247 g/mol. The van der Waals surface area contributed by atoms with Gasteiger partial charge in [0, 0.05) is 18.7 Å². The van der Waals surface area contributed by atoms with E-state index < -0.39 is 6.04 Å². The number of anilines is 1. The number of carbonyl (C=O) groups excluding carboxylic acids is 2. The summed E-state index contributed by atoms with van der Waals surface area (Å²) >= 11 is 0. The van der Waals surface area contributed by atoms with Crippen LogP contribution in [-0.2, 0) is 9.59 Å². The molecule has 1 N–H and O–H groups in total. The molecule has 0 aromatic heterocycles. The summed E-state index contributed by atoms with van der Waals surface area (Å²) in [4.78, 5) is 25.5. The summed E-state index contributed by atoms with van der Waals surface area (Å²) in [5, 5.41) is 2.70. The van der Waals surface area contributed by atoms with E-state index in [0.717, 1.165) is 0 Å². The summed E-state index contributed by atoms with van der Waals surface area (Å²) in [6, 6.07) is 3.81. The van der Waals surface area contributed by atoms with Crippen LogP contribution < -0.4 is 10.2 Å². The molecule has 5 heteroatoms. The number of rotatable bonds is 2. The van der Waals surface area contributed by atoms with Crippen LogP contribution in [0.2, 0.25) is 0 Å². The van der Waals surface area contributed by atoms with Crippen LogP contribution in [0.5, 0.6) is 0 Å². The highest BCUT2D eigenvalue weighted by atomic mass is 19.1. The molecule has 1 aliphatic rings. The van der Waals surface area contributed by atoms with Crippen LogP contribution in [0.4, 0.5) is 10.1 Å². The van der Waals surface area contributed by atoms with Crippen molar-refractivity contribution in [2.45, 2.75) is 32.7 Å². The molecule has 102 valence electrons. The molecule has 2 amide bonds. The number of aryl methyl sites for hydroxylation is 1. The Morgan fingerprint density at radius 1 is 1.42 bits per heavy atom. The largest absolute Gasteiger partial charge is 0.344 e. The van der Waals surface area contributed by atoms with Crippen molar-refractivity contribution in [1.82, 2.24) is 5.32 Å². The lowest BCUT2D eigenvalue weighted by molar-refractivity contribution is -0.125. The van der Waals surface area contributed by atoms with Gasteiger partial charge in [-0.3, -0.25) is 9.59 Å². The molecule has 0 aliphatic carbocycles. The first kappa shape index (κ1) is 13.5. The van der Waals surface area contributed by atoms with Crippen LogP contribution >= 0.6 is 0 Å². The van der Waals surface area contributed by atoms with Crippen molar-refractivity contribution >= 4 is 17.5 Å². The Bertz CT molecular complexity index is 516. The van der Waals surface area contributed by atoms with Crippen LogP contribution in [0.25, 0.3) is 0 Å². The van der Waals surface area contributed by atoms with Crippen molar-refractivity contribution in [3.63, 3.8) is 0 Å². The minimum absolute atomic E-state index is 0.123. The predicted octanol–water partition coefficient (Wildman–Crippen LogP) is 1.77. The Morgan fingerprint density at radius 3 is 2.79 bits per heavy atom. The Labute approximate surface area is 111 Å². The number of nitrogens with zero attached hydrogens (tertiary/aromatic N) is 1. The highest BCUT2D eigenvalue weighted by molar-refractivity contribution is 6.01. The number of amides is 2. The maximum absolute atomic E-state index is 13.1. The molecule has 2 rings (SSSR count).